The Morgan fingerprint density at radius 2 is 1.97 bits per heavy atom. The van der Waals surface area contributed by atoms with Crippen LogP contribution in [-0.2, 0) is 11.2 Å². The molecule has 0 radical (unpaired) electrons. The van der Waals surface area contributed by atoms with Crippen molar-refractivity contribution in [1.29, 1.82) is 0 Å². The largest absolute Gasteiger partial charge is 0.437 e. The lowest BCUT2D eigenvalue weighted by atomic mass is 9.98. The third kappa shape index (κ3) is 5.05. The van der Waals surface area contributed by atoms with E-state index < -0.39 is 0 Å². The zero-order valence-corrected chi connectivity index (χ0v) is 19.1. The van der Waals surface area contributed by atoms with Gasteiger partial charge in [0, 0.05) is 42.5 Å². The Morgan fingerprint density at radius 1 is 1.09 bits per heavy atom. The number of carbonyl (C=O) groups is 1. The number of amides is 1. The van der Waals surface area contributed by atoms with Gasteiger partial charge in [-0.2, -0.15) is 0 Å². The Morgan fingerprint density at radius 3 is 2.85 bits per heavy atom. The Kier molecular flexibility index (Phi) is 6.44. The fraction of sp³-hybridized carbons (Fsp3) is 0.259. The molecule has 1 aliphatic heterocycles. The van der Waals surface area contributed by atoms with Crippen LogP contribution in [0.5, 0.6) is 11.6 Å². The van der Waals surface area contributed by atoms with Crippen LogP contribution in [0.15, 0.2) is 73.2 Å². The molecule has 0 aliphatic carbocycles. The second-order valence-corrected chi connectivity index (χ2v) is 8.52. The molecule has 0 unspecified atom stereocenters. The highest BCUT2D eigenvalue weighted by Crippen LogP contribution is 2.25. The minimum Gasteiger partial charge on any atom is -0.437 e. The van der Waals surface area contributed by atoms with Crippen LogP contribution in [0, 0.1) is 12.8 Å². The molecule has 7 heteroatoms. The van der Waals surface area contributed by atoms with E-state index in [2.05, 4.69) is 33.2 Å². The van der Waals surface area contributed by atoms with Crippen molar-refractivity contribution in [3.05, 3.63) is 90.0 Å². The zero-order valence-electron chi connectivity index (χ0n) is 19.1. The van der Waals surface area contributed by atoms with E-state index in [4.69, 9.17) is 9.47 Å². The first-order chi connectivity index (χ1) is 16.7. The summed E-state index contributed by atoms with van der Waals surface area (Å²) < 4.78 is 11.8. The van der Waals surface area contributed by atoms with Crippen molar-refractivity contribution >= 4 is 16.8 Å². The number of aryl methyl sites for hydroxylation is 1. The summed E-state index contributed by atoms with van der Waals surface area (Å²) in [6.07, 6.45) is 5.88. The van der Waals surface area contributed by atoms with E-state index in [1.54, 1.807) is 30.7 Å². The number of nitrogens with zero attached hydrogens (tertiary/aromatic N) is 4. The molecule has 7 nitrogen and oxygen atoms in total. The summed E-state index contributed by atoms with van der Waals surface area (Å²) >= 11 is 0. The minimum atomic E-state index is -0.110. The maximum Gasteiger partial charge on any atom is 0.259 e. The van der Waals surface area contributed by atoms with E-state index >= 15 is 0 Å². The number of ether oxygens (including phenoxy) is 2. The summed E-state index contributed by atoms with van der Waals surface area (Å²) in [4.78, 5) is 28.3. The first-order valence-electron chi connectivity index (χ1n) is 11.4. The topological polar surface area (TPSA) is 77.4 Å². The van der Waals surface area contributed by atoms with Crippen LogP contribution in [0.4, 0.5) is 0 Å². The quantitative estimate of drug-likeness (QED) is 0.443. The number of fused-ring (bicyclic) bond motifs is 1. The molecule has 1 atom stereocenters. The zero-order chi connectivity index (χ0) is 23.3. The number of aromatic nitrogens is 3. The average molecular weight is 455 g/mol. The van der Waals surface area contributed by atoms with Crippen molar-refractivity contribution < 1.29 is 14.3 Å². The van der Waals surface area contributed by atoms with Crippen LogP contribution in [-0.4, -0.2) is 52.1 Å². The summed E-state index contributed by atoms with van der Waals surface area (Å²) in [5, 5.41) is 1.12. The number of benzene rings is 1. The molecule has 0 N–H and O–H groups in total. The van der Waals surface area contributed by atoms with Gasteiger partial charge in [0.2, 0.25) is 5.88 Å². The molecule has 4 heterocycles. The molecule has 34 heavy (non-hydrogen) atoms. The van der Waals surface area contributed by atoms with Gasteiger partial charge in [-0.15, -0.1) is 0 Å². The molecule has 1 aromatic carbocycles. The predicted octanol–water partition coefficient (Wildman–Crippen LogP) is 4.46. The molecule has 1 aliphatic rings. The first-order valence-corrected chi connectivity index (χ1v) is 11.4. The maximum absolute atomic E-state index is 13.5. The standard InChI is InChI=1S/C27H26N4O3/c1-19-6-8-23(16-30-19)34-26-24(5-3-11-29-26)27(32)31-12-13-33-18-21(17-31)14-20-7-9-25-22(15-20)4-2-10-28-25/h2-11,15-16,21H,12-14,17-18H2,1H3/t21-/m1/s1. The number of carbonyl (C=O) groups excluding carboxylic acids is 1. The van der Waals surface area contributed by atoms with Gasteiger partial charge in [0.05, 0.1) is 24.9 Å². The van der Waals surface area contributed by atoms with Crippen LogP contribution >= 0.6 is 0 Å². The summed E-state index contributed by atoms with van der Waals surface area (Å²) in [6, 6.07) is 17.5. The van der Waals surface area contributed by atoms with E-state index in [1.807, 2.05) is 36.1 Å². The van der Waals surface area contributed by atoms with Gasteiger partial charge in [-0.3, -0.25) is 14.8 Å². The molecule has 0 saturated carbocycles. The van der Waals surface area contributed by atoms with Gasteiger partial charge in [0.25, 0.3) is 5.91 Å². The summed E-state index contributed by atoms with van der Waals surface area (Å²) in [6.45, 7) is 4.15. The van der Waals surface area contributed by atoms with E-state index in [9.17, 15) is 4.79 Å². The van der Waals surface area contributed by atoms with Crippen LogP contribution < -0.4 is 4.74 Å². The molecule has 1 amide bonds. The van der Waals surface area contributed by atoms with Crippen molar-refractivity contribution in [3.8, 4) is 11.6 Å². The molecule has 1 fully saturated rings. The molecule has 5 rings (SSSR count). The van der Waals surface area contributed by atoms with Gasteiger partial charge in [-0.25, -0.2) is 4.98 Å². The average Bonchev–Trinajstić information content (AvgIpc) is 3.11. The summed E-state index contributed by atoms with van der Waals surface area (Å²) in [5.41, 5.74) is 3.51. The molecular formula is C27H26N4O3. The van der Waals surface area contributed by atoms with Crippen molar-refractivity contribution in [2.45, 2.75) is 13.3 Å². The Balaban J connectivity index is 1.33. The second-order valence-electron chi connectivity index (χ2n) is 8.52. The van der Waals surface area contributed by atoms with Gasteiger partial charge < -0.3 is 14.4 Å². The van der Waals surface area contributed by atoms with E-state index in [-0.39, 0.29) is 17.7 Å². The van der Waals surface area contributed by atoms with Gasteiger partial charge >= 0.3 is 0 Å². The normalized spacial score (nSPS) is 16.3. The number of hydrogen-bond donors (Lipinski definition) is 0. The molecule has 3 aromatic heterocycles. The lowest BCUT2D eigenvalue weighted by Crippen LogP contribution is -2.36. The van der Waals surface area contributed by atoms with Crippen LogP contribution in [0.3, 0.4) is 0 Å². The molecule has 172 valence electrons. The number of pyridine rings is 3. The van der Waals surface area contributed by atoms with E-state index in [1.165, 1.54) is 5.56 Å². The Hall–Kier alpha value is -3.84. The predicted molar refractivity (Wildman–Crippen MR) is 129 cm³/mol. The van der Waals surface area contributed by atoms with Crippen molar-refractivity contribution in [2.75, 3.05) is 26.3 Å². The second kappa shape index (κ2) is 9.97. The van der Waals surface area contributed by atoms with Gasteiger partial charge in [-0.1, -0.05) is 12.1 Å². The summed E-state index contributed by atoms with van der Waals surface area (Å²) in [5.74, 6) is 0.896. The summed E-state index contributed by atoms with van der Waals surface area (Å²) in [7, 11) is 0. The van der Waals surface area contributed by atoms with Crippen molar-refractivity contribution in [3.63, 3.8) is 0 Å². The van der Waals surface area contributed by atoms with E-state index in [0.717, 1.165) is 23.0 Å². The molecular weight excluding hydrogens is 428 g/mol. The molecule has 4 aromatic rings. The van der Waals surface area contributed by atoms with Gasteiger partial charge in [-0.05, 0) is 61.4 Å². The highest BCUT2D eigenvalue weighted by molar-refractivity contribution is 5.96. The lowest BCUT2D eigenvalue weighted by molar-refractivity contribution is 0.0734. The minimum absolute atomic E-state index is 0.110. The monoisotopic (exact) mass is 454 g/mol. The molecule has 0 spiro atoms. The first kappa shape index (κ1) is 22.0. The van der Waals surface area contributed by atoms with E-state index in [0.29, 0.717) is 37.6 Å². The number of rotatable bonds is 5. The van der Waals surface area contributed by atoms with Gasteiger partial charge in [0.15, 0.2) is 0 Å². The fourth-order valence-electron chi connectivity index (χ4n) is 4.21. The third-order valence-corrected chi connectivity index (χ3v) is 5.92. The SMILES string of the molecule is Cc1ccc(Oc2ncccc2C(=O)N2CCOC[C@H](Cc3ccc4ncccc4c3)C2)cn1. The lowest BCUT2D eigenvalue weighted by Gasteiger charge is -2.24. The van der Waals surface area contributed by atoms with Crippen molar-refractivity contribution in [1.82, 2.24) is 19.9 Å². The highest BCUT2D eigenvalue weighted by atomic mass is 16.5. The van der Waals surface area contributed by atoms with Crippen LogP contribution in [0.25, 0.3) is 10.9 Å². The molecule has 0 bridgehead atoms. The smallest absolute Gasteiger partial charge is 0.259 e. The number of hydrogen-bond acceptors (Lipinski definition) is 6. The highest BCUT2D eigenvalue weighted by Gasteiger charge is 2.26. The maximum atomic E-state index is 13.5. The van der Waals surface area contributed by atoms with Crippen molar-refractivity contribution in [2.24, 2.45) is 5.92 Å². The third-order valence-electron chi connectivity index (χ3n) is 5.92. The van der Waals surface area contributed by atoms with Crippen LogP contribution in [0.1, 0.15) is 21.6 Å². The Labute approximate surface area is 198 Å². The Bertz CT molecular complexity index is 1290. The van der Waals surface area contributed by atoms with Gasteiger partial charge in [0.1, 0.15) is 11.3 Å². The fourth-order valence-corrected chi connectivity index (χ4v) is 4.21. The van der Waals surface area contributed by atoms with Crippen LogP contribution in [0.2, 0.25) is 0 Å². The molecule has 1 saturated heterocycles.